The summed E-state index contributed by atoms with van der Waals surface area (Å²) in [5.41, 5.74) is 0. The fourth-order valence-electron chi connectivity index (χ4n) is 0.977. The van der Waals surface area contributed by atoms with Crippen LogP contribution in [0.4, 0.5) is 0 Å². The maximum atomic E-state index is 11.0. The molecule has 1 rings (SSSR count). The highest BCUT2D eigenvalue weighted by atomic mass is 16.7. The van der Waals surface area contributed by atoms with E-state index in [0.29, 0.717) is 5.06 Å². The molecule has 14 heavy (non-hydrogen) atoms. The third-order valence-electron chi connectivity index (χ3n) is 1.64. The van der Waals surface area contributed by atoms with Crippen molar-refractivity contribution in [3.8, 4) is 0 Å². The summed E-state index contributed by atoms with van der Waals surface area (Å²) in [4.78, 5) is 46.8. The fourth-order valence-corrected chi connectivity index (χ4v) is 0.977. The van der Waals surface area contributed by atoms with Gasteiger partial charge in [0.1, 0.15) is 0 Å². The Hall–Kier alpha value is -1.56. The molecule has 0 aromatic carbocycles. The fraction of sp³-hybridized carbons (Fsp3) is 0.500. The first-order valence-electron chi connectivity index (χ1n) is 3.94. The summed E-state index contributed by atoms with van der Waals surface area (Å²) in [6.45, 7) is 0. The molecule has 1 heterocycles. The zero-order chi connectivity index (χ0) is 10.6. The first kappa shape index (κ1) is 10.5. The predicted octanol–water partition coefficient (Wildman–Crippen LogP) is -0.955. The molecule has 1 unspecified atom stereocenters. The topological polar surface area (TPSA) is 80.8 Å². The summed E-state index contributed by atoms with van der Waals surface area (Å²) in [5.74, 6) is -1.03. The van der Waals surface area contributed by atoms with Crippen molar-refractivity contribution in [2.24, 2.45) is 0 Å². The summed E-state index contributed by atoms with van der Waals surface area (Å²) in [6, 6.07) is 0. The molecule has 1 fully saturated rings. The van der Waals surface area contributed by atoms with Crippen LogP contribution in [0.2, 0.25) is 0 Å². The Labute approximate surface area is 79.8 Å². The summed E-state index contributed by atoms with van der Waals surface area (Å²) in [5, 5.41) is 0.507. The third-order valence-corrected chi connectivity index (χ3v) is 1.64. The lowest BCUT2D eigenvalue weighted by atomic mass is 10.3. The summed E-state index contributed by atoms with van der Waals surface area (Å²) in [7, 11) is 0. The first-order valence-corrected chi connectivity index (χ1v) is 3.94. The molecule has 2 radical (unpaired) electrons. The minimum Gasteiger partial charge on any atom is -0.291 e. The van der Waals surface area contributed by atoms with Crippen molar-refractivity contribution in [1.82, 2.24) is 5.06 Å². The SMILES string of the molecule is O=[C]CC([C]=O)ON1C(=O)CCC1=O. The van der Waals surface area contributed by atoms with Crippen LogP contribution in [0.15, 0.2) is 0 Å². The van der Waals surface area contributed by atoms with E-state index in [9.17, 15) is 19.2 Å². The van der Waals surface area contributed by atoms with Gasteiger partial charge in [0.25, 0.3) is 11.8 Å². The number of hydroxylamine groups is 2. The highest BCUT2D eigenvalue weighted by molar-refractivity contribution is 6.00. The lowest BCUT2D eigenvalue weighted by Gasteiger charge is -2.15. The van der Waals surface area contributed by atoms with E-state index in [-0.39, 0.29) is 19.3 Å². The van der Waals surface area contributed by atoms with Crippen molar-refractivity contribution < 1.29 is 24.0 Å². The molecular weight excluding hydrogens is 190 g/mol. The maximum Gasteiger partial charge on any atom is 0.254 e. The predicted molar refractivity (Wildman–Crippen MR) is 42.0 cm³/mol. The van der Waals surface area contributed by atoms with Crippen molar-refractivity contribution >= 4 is 24.4 Å². The zero-order valence-electron chi connectivity index (χ0n) is 7.19. The zero-order valence-corrected chi connectivity index (χ0v) is 7.19. The highest BCUT2D eigenvalue weighted by Crippen LogP contribution is 2.13. The van der Waals surface area contributed by atoms with E-state index >= 15 is 0 Å². The monoisotopic (exact) mass is 197 g/mol. The molecule has 0 spiro atoms. The second kappa shape index (κ2) is 4.61. The van der Waals surface area contributed by atoms with Gasteiger partial charge in [-0.15, -0.1) is 0 Å². The van der Waals surface area contributed by atoms with Crippen LogP contribution < -0.4 is 0 Å². The molecular formula is C8H7NO5. The number of rotatable bonds is 5. The van der Waals surface area contributed by atoms with E-state index in [4.69, 9.17) is 0 Å². The van der Waals surface area contributed by atoms with Crippen LogP contribution in [-0.4, -0.2) is 35.6 Å². The molecule has 2 amide bonds. The van der Waals surface area contributed by atoms with Crippen molar-refractivity contribution in [1.29, 1.82) is 0 Å². The molecule has 1 saturated heterocycles. The molecule has 1 atom stereocenters. The Balaban J connectivity index is 2.56. The van der Waals surface area contributed by atoms with Crippen LogP contribution >= 0.6 is 0 Å². The van der Waals surface area contributed by atoms with Gasteiger partial charge in [-0.2, -0.15) is 5.06 Å². The Morgan fingerprint density at radius 1 is 1.29 bits per heavy atom. The number of imide groups is 1. The maximum absolute atomic E-state index is 11.0. The second-order valence-corrected chi connectivity index (χ2v) is 2.64. The quantitative estimate of drug-likeness (QED) is 0.530. The van der Waals surface area contributed by atoms with Crippen LogP contribution in [0.3, 0.4) is 0 Å². The average Bonchev–Trinajstić information content (AvgIpc) is 2.48. The minimum atomic E-state index is -1.24. The highest BCUT2D eigenvalue weighted by Gasteiger charge is 2.32. The normalized spacial score (nSPS) is 18.4. The second-order valence-electron chi connectivity index (χ2n) is 2.64. The summed E-state index contributed by atoms with van der Waals surface area (Å²) < 4.78 is 0. The molecule has 6 heteroatoms. The van der Waals surface area contributed by atoms with E-state index in [0.717, 1.165) is 0 Å². The van der Waals surface area contributed by atoms with Crippen molar-refractivity contribution in [2.75, 3.05) is 0 Å². The van der Waals surface area contributed by atoms with Crippen LogP contribution in [0, 0.1) is 0 Å². The Kier molecular flexibility index (Phi) is 3.47. The van der Waals surface area contributed by atoms with Crippen molar-refractivity contribution in [2.45, 2.75) is 25.4 Å². The molecule has 0 aromatic heterocycles. The minimum absolute atomic E-state index is 0.0647. The van der Waals surface area contributed by atoms with Gasteiger partial charge in [0.05, 0.1) is 6.42 Å². The van der Waals surface area contributed by atoms with Crippen molar-refractivity contribution in [3.05, 3.63) is 0 Å². The third kappa shape index (κ3) is 2.23. The Morgan fingerprint density at radius 2 is 1.86 bits per heavy atom. The largest absolute Gasteiger partial charge is 0.291 e. The molecule has 0 aliphatic carbocycles. The number of amides is 2. The standard InChI is InChI=1S/C8H7NO5/c10-4-3-6(5-11)14-9-7(12)1-2-8(9)13/h6H,1-3H2. The molecule has 1 aliphatic rings. The van der Waals surface area contributed by atoms with Gasteiger partial charge in [-0.3, -0.25) is 24.0 Å². The van der Waals surface area contributed by atoms with Crippen molar-refractivity contribution in [3.63, 3.8) is 0 Å². The van der Waals surface area contributed by atoms with E-state index in [1.165, 1.54) is 12.6 Å². The van der Waals surface area contributed by atoms with E-state index in [1.807, 2.05) is 0 Å². The van der Waals surface area contributed by atoms with E-state index < -0.39 is 17.9 Å². The number of hydrogen-bond donors (Lipinski definition) is 0. The summed E-state index contributed by atoms with van der Waals surface area (Å²) in [6.07, 6.45) is 1.37. The number of hydrogen-bond acceptors (Lipinski definition) is 5. The van der Waals surface area contributed by atoms with Gasteiger partial charge < -0.3 is 0 Å². The van der Waals surface area contributed by atoms with Crippen LogP contribution in [0.25, 0.3) is 0 Å². The van der Waals surface area contributed by atoms with Gasteiger partial charge in [0, 0.05) is 12.8 Å². The van der Waals surface area contributed by atoms with Crippen LogP contribution in [0.5, 0.6) is 0 Å². The summed E-state index contributed by atoms with van der Waals surface area (Å²) >= 11 is 0. The van der Waals surface area contributed by atoms with Gasteiger partial charge in [-0.25, -0.2) is 0 Å². The molecule has 0 aromatic rings. The molecule has 0 N–H and O–H groups in total. The van der Waals surface area contributed by atoms with Gasteiger partial charge in [-0.05, 0) is 0 Å². The lowest BCUT2D eigenvalue weighted by molar-refractivity contribution is -0.193. The Morgan fingerprint density at radius 3 is 2.29 bits per heavy atom. The van der Waals surface area contributed by atoms with E-state index in [1.54, 1.807) is 0 Å². The molecule has 1 aliphatic heterocycles. The van der Waals surface area contributed by atoms with Crippen LogP contribution in [-0.2, 0) is 24.0 Å². The van der Waals surface area contributed by atoms with Gasteiger partial charge in [0.2, 0.25) is 12.6 Å². The molecule has 6 nitrogen and oxygen atoms in total. The molecule has 0 saturated carbocycles. The molecule has 0 bridgehead atoms. The number of carbonyl (C=O) groups excluding carboxylic acids is 4. The first-order chi connectivity index (χ1) is 6.69. The Bertz CT molecular complexity index is 259. The average molecular weight is 197 g/mol. The van der Waals surface area contributed by atoms with Gasteiger partial charge in [-0.1, -0.05) is 0 Å². The van der Waals surface area contributed by atoms with E-state index in [2.05, 4.69) is 4.84 Å². The number of nitrogens with zero attached hydrogens (tertiary/aromatic N) is 1. The van der Waals surface area contributed by atoms with Crippen LogP contribution in [0.1, 0.15) is 19.3 Å². The smallest absolute Gasteiger partial charge is 0.254 e. The number of carbonyl (C=O) groups is 2. The lowest BCUT2D eigenvalue weighted by Crippen LogP contribution is -2.34. The van der Waals surface area contributed by atoms with Gasteiger partial charge in [0.15, 0.2) is 6.10 Å². The molecule has 74 valence electrons. The van der Waals surface area contributed by atoms with Gasteiger partial charge >= 0.3 is 0 Å².